The van der Waals surface area contributed by atoms with Crippen LogP contribution in [0.4, 0.5) is 0 Å². The van der Waals surface area contributed by atoms with Crippen LogP contribution in [0.25, 0.3) is 0 Å². The van der Waals surface area contributed by atoms with Crippen LogP contribution in [0.1, 0.15) is 0 Å². The highest BCUT2D eigenvalue weighted by Gasteiger charge is 2.17. The Bertz CT molecular complexity index is 309. The van der Waals surface area contributed by atoms with E-state index in [1.165, 1.54) is 6.08 Å². The molecule has 0 saturated heterocycles. The Kier molecular flexibility index (Phi) is 3.12. The number of ketones is 1. The SMILES string of the molecule is CN(C)/C=C/C(=O)C1=C[NH+]=C[C+]=C1. The molecular formula is C10H12N2O+2. The lowest BCUT2D eigenvalue weighted by atomic mass is 10.1. The van der Waals surface area contributed by atoms with E-state index < -0.39 is 0 Å². The minimum Gasteiger partial charge on any atom is -0.383 e. The van der Waals surface area contributed by atoms with E-state index in [0.717, 1.165) is 0 Å². The molecule has 0 unspecified atom stereocenters. The number of carbonyl (C=O) groups excluding carboxylic acids is 1. The quantitative estimate of drug-likeness (QED) is 0.444. The summed E-state index contributed by atoms with van der Waals surface area (Å²) in [5, 5.41) is 0. The summed E-state index contributed by atoms with van der Waals surface area (Å²) in [5.74, 6) is -0.0261. The van der Waals surface area contributed by atoms with Gasteiger partial charge in [0.1, 0.15) is 0 Å². The van der Waals surface area contributed by atoms with Gasteiger partial charge in [-0.2, -0.15) is 4.99 Å². The van der Waals surface area contributed by atoms with Crippen molar-refractivity contribution in [3.63, 3.8) is 0 Å². The van der Waals surface area contributed by atoms with Gasteiger partial charge in [-0.05, 0) is 0 Å². The van der Waals surface area contributed by atoms with Crippen molar-refractivity contribution in [3.8, 4) is 0 Å². The van der Waals surface area contributed by atoms with E-state index in [9.17, 15) is 4.79 Å². The molecule has 0 amide bonds. The average molecular weight is 176 g/mol. The first kappa shape index (κ1) is 9.36. The lowest BCUT2D eigenvalue weighted by Crippen LogP contribution is -2.62. The highest BCUT2D eigenvalue weighted by atomic mass is 16.1. The predicted octanol–water partition coefficient (Wildman–Crippen LogP) is -0.961. The summed E-state index contributed by atoms with van der Waals surface area (Å²) in [6.45, 7) is 0. The monoisotopic (exact) mass is 176 g/mol. The summed E-state index contributed by atoms with van der Waals surface area (Å²) in [6, 6.07) is 0. The van der Waals surface area contributed by atoms with Gasteiger partial charge >= 0.3 is 6.21 Å². The second kappa shape index (κ2) is 4.33. The van der Waals surface area contributed by atoms with Crippen molar-refractivity contribution in [3.05, 3.63) is 36.2 Å². The van der Waals surface area contributed by atoms with Gasteiger partial charge in [0.25, 0.3) is 12.0 Å². The highest BCUT2D eigenvalue weighted by Crippen LogP contribution is 1.98. The second-order valence-electron chi connectivity index (χ2n) is 2.87. The van der Waals surface area contributed by atoms with Crippen molar-refractivity contribution in [1.82, 2.24) is 4.90 Å². The average Bonchev–Trinajstić information content (AvgIpc) is 2.15. The molecule has 0 radical (unpaired) electrons. The zero-order chi connectivity index (χ0) is 9.68. The Hall–Kier alpha value is -1.73. The minimum atomic E-state index is -0.0261. The molecule has 1 aliphatic rings. The maximum Gasteiger partial charge on any atom is 0.312 e. The van der Waals surface area contributed by atoms with Crippen molar-refractivity contribution < 1.29 is 9.79 Å². The predicted molar refractivity (Wildman–Crippen MR) is 50.8 cm³/mol. The molecule has 0 bridgehead atoms. The summed E-state index contributed by atoms with van der Waals surface area (Å²) in [6.07, 6.45) is 11.0. The molecule has 0 fully saturated rings. The van der Waals surface area contributed by atoms with Crippen LogP contribution in [0, 0.1) is 6.08 Å². The van der Waals surface area contributed by atoms with E-state index in [1.807, 2.05) is 19.0 Å². The van der Waals surface area contributed by atoms with Crippen molar-refractivity contribution in [2.24, 2.45) is 0 Å². The molecule has 13 heavy (non-hydrogen) atoms. The van der Waals surface area contributed by atoms with E-state index in [-0.39, 0.29) is 5.78 Å². The fourth-order valence-corrected chi connectivity index (χ4v) is 0.808. The number of allylic oxidation sites excluding steroid dienone is 4. The number of nitrogens with one attached hydrogen (secondary N) is 1. The van der Waals surface area contributed by atoms with Gasteiger partial charge in [0.05, 0.1) is 0 Å². The molecule has 0 spiro atoms. The summed E-state index contributed by atoms with van der Waals surface area (Å²) in [5.41, 5.74) is 0.612. The summed E-state index contributed by atoms with van der Waals surface area (Å²) in [7, 11) is 3.74. The molecule has 0 aromatic heterocycles. The number of rotatable bonds is 3. The zero-order valence-electron chi connectivity index (χ0n) is 7.74. The van der Waals surface area contributed by atoms with Crippen LogP contribution >= 0.6 is 0 Å². The first-order chi connectivity index (χ1) is 6.20. The molecule has 1 rings (SSSR count). The third-order valence-corrected chi connectivity index (χ3v) is 1.45. The van der Waals surface area contributed by atoms with E-state index in [1.54, 1.807) is 24.7 Å². The molecule has 1 aliphatic heterocycles. The first-order valence-corrected chi connectivity index (χ1v) is 3.96. The van der Waals surface area contributed by atoms with Crippen LogP contribution in [-0.2, 0) is 4.79 Å². The third-order valence-electron chi connectivity index (χ3n) is 1.45. The molecule has 0 aliphatic carbocycles. The van der Waals surface area contributed by atoms with Crippen LogP contribution in [0.5, 0.6) is 0 Å². The molecule has 3 nitrogen and oxygen atoms in total. The molecule has 1 N–H and O–H groups in total. The summed E-state index contributed by atoms with van der Waals surface area (Å²) >= 11 is 0. The molecule has 66 valence electrons. The van der Waals surface area contributed by atoms with Gasteiger partial charge in [-0.15, -0.1) is 0 Å². The van der Waals surface area contributed by atoms with Crippen LogP contribution in [0.15, 0.2) is 30.1 Å². The minimum absolute atomic E-state index is 0.0261. The number of hydrogen-bond donors (Lipinski definition) is 1. The molecule has 0 aromatic carbocycles. The summed E-state index contributed by atoms with van der Waals surface area (Å²) < 4.78 is 0. The van der Waals surface area contributed by atoms with Crippen molar-refractivity contribution in [1.29, 1.82) is 0 Å². The fourth-order valence-electron chi connectivity index (χ4n) is 0.808. The Labute approximate surface area is 77.8 Å². The number of nitrogens with zero attached hydrogens (tertiary/aromatic N) is 1. The van der Waals surface area contributed by atoms with E-state index in [0.29, 0.717) is 5.57 Å². The molecule has 3 heteroatoms. The van der Waals surface area contributed by atoms with Crippen LogP contribution in [0.3, 0.4) is 0 Å². The topological polar surface area (TPSA) is 34.3 Å². The van der Waals surface area contributed by atoms with Crippen molar-refractivity contribution in [2.45, 2.75) is 0 Å². The molecule has 1 heterocycles. The molecule has 0 atom stereocenters. The van der Waals surface area contributed by atoms with E-state index in [2.05, 4.69) is 11.1 Å². The maximum absolute atomic E-state index is 11.4. The Morgan fingerprint density at radius 2 is 2.38 bits per heavy atom. The van der Waals surface area contributed by atoms with Gasteiger partial charge in [0, 0.05) is 26.4 Å². The normalized spacial score (nSPS) is 14.2. The lowest BCUT2D eigenvalue weighted by molar-refractivity contribution is -0.367. The Balaban J connectivity index is 2.64. The number of hydrogen-bond acceptors (Lipinski definition) is 2. The van der Waals surface area contributed by atoms with Crippen molar-refractivity contribution >= 4 is 12.0 Å². The molecule has 0 saturated carbocycles. The maximum atomic E-state index is 11.4. The second-order valence-corrected chi connectivity index (χ2v) is 2.87. The zero-order valence-corrected chi connectivity index (χ0v) is 7.74. The van der Waals surface area contributed by atoms with E-state index in [4.69, 9.17) is 0 Å². The van der Waals surface area contributed by atoms with Gasteiger partial charge in [0.2, 0.25) is 5.57 Å². The highest BCUT2D eigenvalue weighted by molar-refractivity contribution is 6.06. The summed E-state index contributed by atoms with van der Waals surface area (Å²) in [4.78, 5) is 16.0. The fraction of sp³-hybridized carbons (Fsp3) is 0.200. The van der Waals surface area contributed by atoms with Gasteiger partial charge in [-0.25, -0.2) is 0 Å². The first-order valence-electron chi connectivity index (χ1n) is 3.96. The van der Waals surface area contributed by atoms with Gasteiger partial charge < -0.3 is 4.90 Å². The van der Waals surface area contributed by atoms with Gasteiger partial charge in [-0.3, -0.25) is 4.79 Å². The van der Waals surface area contributed by atoms with Crippen LogP contribution < -0.4 is 4.99 Å². The molecular weight excluding hydrogens is 164 g/mol. The van der Waals surface area contributed by atoms with E-state index >= 15 is 0 Å². The smallest absolute Gasteiger partial charge is 0.312 e. The standard InChI is InChI=1S/C10H11N2O/c1-12(2)7-5-10(13)9-4-3-6-11-8-9/h4-8H,1-2H3/q+1/p+1/b7-5+. The van der Waals surface area contributed by atoms with Crippen LogP contribution in [-0.4, -0.2) is 31.0 Å². The van der Waals surface area contributed by atoms with Gasteiger partial charge in [-0.1, -0.05) is 0 Å². The largest absolute Gasteiger partial charge is 0.383 e. The number of carbonyl (C=O) groups is 1. The van der Waals surface area contributed by atoms with Gasteiger partial charge in [0.15, 0.2) is 12.2 Å². The van der Waals surface area contributed by atoms with Crippen LogP contribution in [0.2, 0.25) is 0 Å². The van der Waals surface area contributed by atoms with Crippen molar-refractivity contribution in [2.75, 3.05) is 14.1 Å². The third kappa shape index (κ3) is 3.01. The molecule has 0 aromatic rings. The lowest BCUT2D eigenvalue weighted by Gasteiger charge is -2.00. The Morgan fingerprint density at radius 3 is 2.92 bits per heavy atom. The Morgan fingerprint density at radius 1 is 1.62 bits per heavy atom.